The predicted octanol–water partition coefficient (Wildman–Crippen LogP) is 2.97. The molecule has 7 heteroatoms. The molecule has 0 spiro atoms. The summed E-state index contributed by atoms with van der Waals surface area (Å²) in [5.41, 5.74) is 2.80. The van der Waals surface area contributed by atoms with Gasteiger partial charge in [0.2, 0.25) is 5.75 Å². The van der Waals surface area contributed by atoms with Crippen molar-refractivity contribution in [1.82, 2.24) is 5.32 Å². The van der Waals surface area contributed by atoms with Crippen molar-refractivity contribution < 1.29 is 24.4 Å². The summed E-state index contributed by atoms with van der Waals surface area (Å²) in [7, 11) is 4.75. The zero-order chi connectivity index (χ0) is 18.0. The minimum absolute atomic E-state index is 0. The molecule has 0 bridgehead atoms. The maximum absolute atomic E-state index is 10.1. The van der Waals surface area contributed by atoms with Crippen LogP contribution in [0.25, 0.3) is 0 Å². The summed E-state index contributed by atoms with van der Waals surface area (Å²) >= 11 is 0. The number of halogens is 1. The van der Waals surface area contributed by atoms with E-state index in [-0.39, 0.29) is 29.9 Å². The van der Waals surface area contributed by atoms with Crippen LogP contribution in [0.2, 0.25) is 0 Å². The van der Waals surface area contributed by atoms with E-state index in [1.807, 2.05) is 12.1 Å². The lowest BCUT2D eigenvalue weighted by Crippen LogP contribution is -2.31. The molecule has 0 saturated carbocycles. The molecule has 0 saturated heterocycles. The normalized spacial score (nSPS) is 15.6. The second kappa shape index (κ2) is 8.38. The summed E-state index contributed by atoms with van der Waals surface area (Å²) in [4.78, 5) is 0. The van der Waals surface area contributed by atoms with Crippen LogP contribution < -0.4 is 19.5 Å². The Kier molecular flexibility index (Phi) is 6.45. The number of hydrogen-bond acceptors (Lipinski definition) is 6. The topological polar surface area (TPSA) is 80.2 Å². The van der Waals surface area contributed by atoms with Crippen LogP contribution in [-0.2, 0) is 12.8 Å². The molecule has 2 aromatic rings. The largest absolute Gasteiger partial charge is 0.508 e. The van der Waals surface area contributed by atoms with E-state index in [1.54, 1.807) is 27.4 Å². The molecular weight excluding hydrogens is 358 g/mol. The van der Waals surface area contributed by atoms with Gasteiger partial charge in [-0.1, -0.05) is 0 Å². The molecule has 3 N–H and O–H groups in total. The third-order valence-corrected chi connectivity index (χ3v) is 4.55. The molecule has 142 valence electrons. The minimum atomic E-state index is -0.0236. The Morgan fingerprint density at radius 1 is 1.00 bits per heavy atom. The zero-order valence-electron chi connectivity index (χ0n) is 15.0. The zero-order valence-corrected chi connectivity index (χ0v) is 15.9. The number of rotatable bonds is 5. The van der Waals surface area contributed by atoms with Crippen molar-refractivity contribution in [3.63, 3.8) is 0 Å². The summed E-state index contributed by atoms with van der Waals surface area (Å²) in [6, 6.07) is 6.91. The second-order valence-corrected chi connectivity index (χ2v) is 6.03. The van der Waals surface area contributed by atoms with Crippen LogP contribution in [0.15, 0.2) is 24.3 Å². The lowest BCUT2D eigenvalue weighted by molar-refractivity contribution is 0.323. The summed E-state index contributed by atoms with van der Waals surface area (Å²) in [6.07, 6.45) is 1.39. The van der Waals surface area contributed by atoms with Gasteiger partial charge in [-0.25, -0.2) is 0 Å². The predicted molar refractivity (Wildman–Crippen MR) is 101 cm³/mol. The van der Waals surface area contributed by atoms with Gasteiger partial charge in [-0.2, -0.15) is 0 Å². The highest BCUT2D eigenvalue weighted by molar-refractivity contribution is 5.85. The van der Waals surface area contributed by atoms with Crippen LogP contribution >= 0.6 is 12.4 Å². The summed E-state index contributed by atoms with van der Waals surface area (Å²) < 4.78 is 16.2. The van der Waals surface area contributed by atoms with Gasteiger partial charge >= 0.3 is 0 Å². The van der Waals surface area contributed by atoms with E-state index >= 15 is 0 Å². The van der Waals surface area contributed by atoms with Gasteiger partial charge in [0.1, 0.15) is 11.5 Å². The van der Waals surface area contributed by atoms with Gasteiger partial charge in [-0.15, -0.1) is 12.4 Å². The number of phenolic OH excluding ortho intramolecular Hbond substituents is 2. The number of methoxy groups -OCH3 is 3. The van der Waals surface area contributed by atoms with E-state index in [0.29, 0.717) is 23.7 Å². The quantitative estimate of drug-likeness (QED) is 0.738. The van der Waals surface area contributed by atoms with Crippen LogP contribution in [0.3, 0.4) is 0 Å². The van der Waals surface area contributed by atoms with Crippen molar-refractivity contribution in [1.29, 1.82) is 0 Å². The maximum atomic E-state index is 10.1. The number of fused-ring (bicyclic) bond motifs is 1. The molecule has 2 aromatic carbocycles. The van der Waals surface area contributed by atoms with Gasteiger partial charge in [-0.3, -0.25) is 0 Å². The summed E-state index contributed by atoms with van der Waals surface area (Å²) in [6.45, 7) is 0.764. The van der Waals surface area contributed by atoms with E-state index in [1.165, 1.54) is 6.07 Å². The molecule has 6 nitrogen and oxygen atoms in total. The first-order chi connectivity index (χ1) is 12.1. The highest BCUT2D eigenvalue weighted by Gasteiger charge is 2.24. The number of hydrogen-bond donors (Lipinski definition) is 3. The van der Waals surface area contributed by atoms with Gasteiger partial charge in [0, 0.05) is 17.7 Å². The molecule has 3 rings (SSSR count). The SMILES string of the molecule is COc1cc(CC2NCCc3c(O)cc(O)cc32)cc(OC)c1OC.Cl. The summed E-state index contributed by atoms with van der Waals surface area (Å²) in [5, 5.41) is 23.4. The van der Waals surface area contributed by atoms with Crippen molar-refractivity contribution >= 4 is 12.4 Å². The third-order valence-electron chi connectivity index (χ3n) is 4.55. The first-order valence-corrected chi connectivity index (χ1v) is 8.14. The molecule has 1 unspecified atom stereocenters. The molecule has 1 heterocycles. The highest BCUT2D eigenvalue weighted by Crippen LogP contribution is 2.40. The first kappa shape index (κ1) is 20.0. The Morgan fingerprint density at radius 3 is 2.23 bits per heavy atom. The molecule has 1 atom stereocenters. The van der Waals surface area contributed by atoms with E-state index in [9.17, 15) is 10.2 Å². The number of nitrogens with one attached hydrogen (secondary N) is 1. The van der Waals surface area contributed by atoms with Crippen molar-refractivity contribution in [2.45, 2.75) is 18.9 Å². The highest BCUT2D eigenvalue weighted by atomic mass is 35.5. The van der Waals surface area contributed by atoms with E-state index in [2.05, 4.69) is 5.32 Å². The number of aromatic hydroxyl groups is 2. The Bertz CT molecular complexity index is 756. The van der Waals surface area contributed by atoms with Gasteiger partial charge in [-0.05, 0) is 48.7 Å². The Labute approximate surface area is 159 Å². The van der Waals surface area contributed by atoms with Gasteiger partial charge < -0.3 is 29.7 Å². The monoisotopic (exact) mass is 381 g/mol. The van der Waals surface area contributed by atoms with Crippen LogP contribution in [-0.4, -0.2) is 38.1 Å². The number of benzene rings is 2. The Hall–Kier alpha value is -2.31. The molecular formula is C19H24ClNO5. The Morgan fingerprint density at radius 2 is 1.65 bits per heavy atom. The second-order valence-electron chi connectivity index (χ2n) is 6.03. The first-order valence-electron chi connectivity index (χ1n) is 8.14. The smallest absolute Gasteiger partial charge is 0.203 e. The average Bonchev–Trinajstić information content (AvgIpc) is 2.61. The van der Waals surface area contributed by atoms with E-state index in [0.717, 1.165) is 29.7 Å². The van der Waals surface area contributed by atoms with Gasteiger partial charge in [0.25, 0.3) is 0 Å². The van der Waals surface area contributed by atoms with Crippen LogP contribution in [0.5, 0.6) is 28.7 Å². The fourth-order valence-electron chi connectivity index (χ4n) is 3.40. The maximum Gasteiger partial charge on any atom is 0.203 e. The molecule has 1 aliphatic heterocycles. The van der Waals surface area contributed by atoms with Crippen molar-refractivity contribution in [3.05, 3.63) is 41.0 Å². The molecule has 0 amide bonds. The van der Waals surface area contributed by atoms with Gasteiger partial charge in [0.15, 0.2) is 11.5 Å². The summed E-state index contributed by atoms with van der Waals surface area (Å²) in [5.74, 6) is 1.97. The van der Waals surface area contributed by atoms with Crippen molar-refractivity contribution in [2.24, 2.45) is 0 Å². The minimum Gasteiger partial charge on any atom is -0.508 e. The number of phenols is 2. The molecule has 0 fully saturated rings. The van der Waals surface area contributed by atoms with E-state index < -0.39 is 0 Å². The molecule has 0 aliphatic carbocycles. The van der Waals surface area contributed by atoms with E-state index in [4.69, 9.17) is 14.2 Å². The molecule has 0 radical (unpaired) electrons. The van der Waals surface area contributed by atoms with Crippen molar-refractivity contribution in [2.75, 3.05) is 27.9 Å². The fourth-order valence-corrected chi connectivity index (χ4v) is 3.40. The van der Waals surface area contributed by atoms with Crippen LogP contribution in [0.4, 0.5) is 0 Å². The lowest BCUT2D eigenvalue weighted by atomic mass is 9.89. The van der Waals surface area contributed by atoms with Crippen LogP contribution in [0.1, 0.15) is 22.7 Å². The molecule has 1 aliphatic rings. The standard InChI is InChI=1S/C19H23NO5.ClH/c1-23-17-7-11(8-18(24-2)19(17)25-3)6-15-14-9-12(21)10-16(22)13(14)4-5-20-15;/h7-10,15,20-22H,4-6H2,1-3H3;1H. The number of ether oxygens (including phenoxy) is 3. The average molecular weight is 382 g/mol. The van der Waals surface area contributed by atoms with Crippen molar-refractivity contribution in [3.8, 4) is 28.7 Å². The Balaban J connectivity index is 0.00000243. The molecule has 26 heavy (non-hydrogen) atoms. The van der Waals surface area contributed by atoms with Crippen LogP contribution in [0, 0.1) is 0 Å². The third kappa shape index (κ3) is 3.76. The lowest BCUT2D eigenvalue weighted by Gasteiger charge is -2.28. The van der Waals surface area contributed by atoms with Gasteiger partial charge in [0.05, 0.1) is 21.3 Å². The fraction of sp³-hybridized carbons (Fsp3) is 0.368. The molecule has 0 aromatic heterocycles.